The average molecular weight is 387 g/mol. The molecule has 1 aliphatic heterocycles. The first kappa shape index (κ1) is 17.6. The summed E-state index contributed by atoms with van der Waals surface area (Å²) in [4.78, 5) is 21.7. The van der Waals surface area contributed by atoms with Crippen LogP contribution in [0.2, 0.25) is 0 Å². The van der Waals surface area contributed by atoms with Crippen LogP contribution >= 0.6 is 22.7 Å². The van der Waals surface area contributed by atoms with Gasteiger partial charge in [0.2, 0.25) is 5.89 Å². The van der Waals surface area contributed by atoms with E-state index < -0.39 is 0 Å². The molecule has 1 fully saturated rings. The van der Waals surface area contributed by atoms with Crippen LogP contribution in [0.3, 0.4) is 0 Å². The van der Waals surface area contributed by atoms with E-state index in [1.807, 2.05) is 24.4 Å². The molecule has 1 unspecified atom stereocenters. The minimum Gasteiger partial charge on any atom is -0.440 e. The Bertz CT molecular complexity index is 895. The summed E-state index contributed by atoms with van der Waals surface area (Å²) in [5.41, 5.74) is 2.18. The molecule has 0 radical (unpaired) electrons. The lowest BCUT2D eigenvalue weighted by molar-refractivity contribution is 0.0814. The minimum absolute atomic E-state index is 0.0913. The molecule has 4 heterocycles. The predicted molar refractivity (Wildman–Crippen MR) is 106 cm³/mol. The summed E-state index contributed by atoms with van der Waals surface area (Å²) in [5.74, 6) is 1.97. The summed E-state index contributed by atoms with van der Waals surface area (Å²) in [6, 6.07) is 5.97. The number of aromatic nitrogens is 1. The van der Waals surface area contributed by atoms with Crippen LogP contribution in [0.5, 0.6) is 0 Å². The van der Waals surface area contributed by atoms with Crippen LogP contribution in [0.15, 0.2) is 33.4 Å². The number of Topliss-reactive ketones (excluding diaryl/α,β-unsaturated/α-hetero) is 1. The van der Waals surface area contributed by atoms with Gasteiger partial charge >= 0.3 is 0 Å². The topological polar surface area (TPSA) is 46.3 Å². The quantitative estimate of drug-likeness (QED) is 0.567. The van der Waals surface area contributed by atoms with E-state index in [1.165, 1.54) is 5.56 Å². The molecular weight excluding hydrogens is 364 g/mol. The predicted octanol–water partition coefficient (Wildman–Crippen LogP) is 5.18. The largest absolute Gasteiger partial charge is 0.440 e. The van der Waals surface area contributed by atoms with Crippen LogP contribution in [0.4, 0.5) is 0 Å². The van der Waals surface area contributed by atoms with Gasteiger partial charge in [0.1, 0.15) is 5.76 Å². The normalized spacial score (nSPS) is 18.3. The first-order valence-corrected chi connectivity index (χ1v) is 10.7. The minimum atomic E-state index is 0.0913. The Morgan fingerprint density at radius 3 is 2.92 bits per heavy atom. The van der Waals surface area contributed by atoms with E-state index in [4.69, 9.17) is 9.40 Å². The zero-order chi connectivity index (χ0) is 18.1. The van der Waals surface area contributed by atoms with Crippen molar-refractivity contribution in [2.24, 2.45) is 5.92 Å². The fraction of sp³-hybridized carbons (Fsp3) is 0.400. The molecule has 1 atom stereocenters. The maximum absolute atomic E-state index is 12.7. The van der Waals surface area contributed by atoms with Crippen molar-refractivity contribution < 1.29 is 9.21 Å². The van der Waals surface area contributed by atoms with Gasteiger partial charge in [-0.15, -0.1) is 22.7 Å². The van der Waals surface area contributed by atoms with Gasteiger partial charge in [-0.1, -0.05) is 6.07 Å². The van der Waals surface area contributed by atoms with Crippen molar-refractivity contribution in [1.82, 2.24) is 9.88 Å². The van der Waals surface area contributed by atoms with Gasteiger partial charge in [-0.2, -0.15) is 0 Å². The number of hydrogen-bond donors (Lipinski definition) is 0. The smallest absolute Gasteiger partial charge is 0.237 e. The van der Waals surface area contributed by atoms with Crippen LogP contribution in [-0.4, -0.2) is 28.8 Å². The lowest BCUT2D eigenvalue weighted by Crippen LogP contribution is -2.38. The van der Waals surface area contributed by atoms with Crippen LogP contribution < -0.4 is 0 Å². The molecule has 3 aromatic heterocycles. The summed E-state index contributed by atoms with van der Waals surface area (Å²) in [6.45, 7) is 6.61. The molecule has 0 saturated carbocycles. The number of thiophene rings is 2. The van der Waals surface area contributed by atoms with Crippen LogP contribution in [0.25, 0.3) is 10.8 Å². The molecule has 4 nitrogen and oxygen atoms in total. The van der Waals surface area contributed by atoms with Gasteiger partial charge in [-0.3, -0.25) is 9.69 Å². The highest BCUT2D eigenvalue weighted by atomic mass is 32.1. The Morgan fingerprint density at radius 1 is 1.31 bits per heavy atom. The van der Waals surface area contributed by atoms with Crippen molar-refractivity contribution >= 4 is 28.5 Å². The Labute approximate surface area is 161 Å². The molecule has 0 bridgehead atoms. The summed E-state index contributed by atoms with van der Waals surface area (Å²) >= 11 is 3.20. The van der Waals surface area contributed by atoms with Crippen LogP contribution in [0, 0.1) is 19.8 Å². The van der Waals surface area contributed by atoms with E-state index in [1.54, 1.807) is 22.7 Å². The molecule has 1 aliphatic rings. The van der Waals surface area contributed by atoms with E-state index in [9.17, 15) is 4.79 Å². The first-order chi connectivity index (χ1) is 12.6. The molecule has 0 N–H and O–H groups in total. The van der Waals surface area contributed by atoms with E-state index in [0.717, 1.165) is 53.7 Å². The molecule has 3 aromatic rings. The molecule has 136 valence electrons. The standard InChI is InChI=1S/C20H22N2O2S2/c1-13-7-10-26-19(13)20-21-16(14(2)24-20)12-22-8-3-5-15(11-22)18(23)17-6-4-9-25-17/h4,6-7,9-10,15H,3,5,8,11-12H2,1-2H3. The molecule has 0 amide bonds. The number of carbonyl (C=O) groups is 1. The highest BCUT2D eigenvalue weighted by Gasteiger charge is 2.28. The third kappa shape index (κ3) is 3.54. The van der Waals surface area contributed by atoms with Gasteiger partial charge in [0.25, 0.3) is 0 Å². The number of carbonyl (C=O) groups excluding carboxylic acids is 1. The van der Waals surface area contributed by atoms with Crippen molar-refractivity contribution in [3.05, 3.63) is 50.9 Å². The highest BCUT2D eigenvalue weighted by molar-refractivity contribution is 7.13. The van der Waals surface area contributed by atoms with Gasteiger partial charge in [0.15, 0.2) is 5.78 Å². The summed E-state index contributed by atoms with van der Waals surface area (Å²) < 4.78 is 5.92. The lowest BCUT2D eigenvalue weighted by Gasteiger charge is -2.31. The summed E-state index contributed by atoms with van der Waals surface area (Å²) in [7, 11) is 0. The first-order valence-electron chi connectivity index (χ1n) is 8.92. The maximum atomic E-state index is 12.7. The molecule has 0 aliphatic carbocycles. The zero-order valence-corrected chi connectivity index (χ0v) is 16.7. The maximum Gasteiger partial charge on any atom is 0.237 e. The fourth-order valence-corrected chi connectivity index (χ4v) is 5.10. The summed E-state index contributed by atoms with van der Waals surface area (Å²) in [6.07, 6.45) is 2.03. The fourth-order valence-electron chi connectivity index (χ4n) is 3.51. The molecule has 1 saturated heterocycles. The lowest BCUT2D eigenvalue weighted by atomic mass is 9.93. The summed E-state index contributed by atoms with van der Waals surface area (Å²) in [5, 5.41) is 4.04. The van der Waals surface area contributed by atoms with Crippen molar-refractivity contribution in [1.29, 1.82) is 0 Å². The van der Waals surface area contributed by atoms with E-state index in [2.05, 4.69) is 23.3 Å². The van der Waals surface area contributed by atoms with E-state index in [-0.39, 0.29) is 11.7 Å². The Balaban J connectivity index is 1.46. The Kier molecular flexibility index (Phi) is 5.07. The number of oxazole rings is 1. The van der Waals surface area contributed by atoms with Crippen LogP contribution in [0.1, 0.15) is 39.5 Å². The van der Waals surface area contributed by atoms with E-state index in [0.29, 0.717) is 5.89 Å². The number of aryl methyl sites for hydroxylation is 2. The monoisotopic (exact) mass is 386 g/mol. The van der Waals surface area contributed by atoms with Crippen molar-refractivity contribution in [2.75, 3.05) is 13.1 Å². The second kappa shape index (κ2) is 7.47. The Hall–Kier alpha value is -1.76. The van der Waals surface area contributed by atoms with Gasteiger partial charge < -0.3 is 4.42 Å². The number of rotatable bonds is 5. The van der Waals surface area contributed by atoms with Crippen molar-refractivity contribution in [2.45, 2.75) is 33.2 Å². The average Bonchev–Trinajstić information content (AvgIpc) is 3.37. The van der Waals surface area contributed by atoms with E-state index >= 15 is 0 Å². The zero-order valence-electron chi connectivity index (χ0n) is 15.0. The number of nitrogens with zero attached hydrogens (tertiary/aromatic N) is 2. The Morgan fingerprint density at radius 2 is 2.19 bits per heavy atom. The van der Waals surface area contributed by atoms with Crippen LogP contribution in [-0.2, 0) is 6.54 Å². The second-order valence-electron chi connectivity index (χ2n) is 6.87. The molecule has 4 rings (SSSR count). The third-order valence-electron chi connectivity index (χ3n) is 4.96. The SMILES string of the molecule is Cc1ccsc1-c1nc(CN2CCCC(C(=O)c3cccs3)C2)c(C)o1. The molecule has 0 spiro atoms. The van der Waals surface area contributed by atoms with Gasteiger partial charge in [0, 0.05) is 19.0 Å². The number of likely N-dealkylation sites (tertiary alicyclic amines) is 1. The second-order valence-corrected chi connectivity index (χ2v) is 8.73. The van der Waals surface area contributed by atoms with Crippen molar-refractivity contribution in [3.63, 3.8) is 0 Å². The molecule has 6 heteroatoms. The number of ketones is 1. The molecular formula is C20H22N2O2S2. The molecule has 0 aromatic carbocycles. The van der Waals surface area contributed by atoms with Gasteiger partial charge in [-0.25, -0.2) is 4.98 Å². The van der Waals surface area contributed by atoms with Crippen molar-refractivity contribution in [3.8, 4) is 10.8 Å². The number of hydrogen-bond acceptors (Lipinski definition) is 6. The highest BCUT2D eigenvalue weighted by Crippen LogP contribution is 2.31. The van der Waals surface area contributed by atoms with Gasteiger partial charge in [0.05, 0.1) is 15.4 Å². The van der Waals surface area contributed by atoms with Gasteiger partial charge in [-0.05, 0) is 61.7 Å². The third-order valence-corrected chi connectivity index (χ3v) is 6.85. The molecule has 26 heavy (non-hydrogen) atoms. The number of piperidine rings is 1.